The minimum Gasteiger partial charge on any atom is -0.508 e. The van der Waals surface area contributed by atoms with Gasteiger partial charge in [-0.05, 0) is 65.3 Å². The quantitative estimate of drug-likeness (QED) is 0.179. The number of anilines is 2. The molecule has 3 aliphatic rings. The summed E-state index contributed by atoms with van der Waals surface area (Å²) in [6, 6.07) is 0.409. The van der Waals surface area contributed by atoms with Crippen LogP contribution in [0.1, 0.15) is 38.3 Å². The van der Waals surface area contributed by atoms with E-state index in [-0.39, 0.29) is 41.7 Å². The maximum absolute atomic E-state index is 14.0. The third kappa shape index (κ3) is 4.80. The molecule has 13 nitrogen and oxygen atoms in total. The number of carbonyl (C=O) groups is 4. The molecule has 1 aromatic rings. The molecule has 1 fully saturated rings. The molecule has 0 bridgehead atoms. The topological polar surface area (TPSA) is 206 Å². The molecule has 2 amide bonds. The Kier molecular flexibility index (Phi) is 7.68. The Hall–Kier alpha value is -3.94. The summed E-state index contributed by atoms with van der Waals surface area (Å²) in [5, 5.41) is 51.3. The van der Waals surface area contributed by atoms with Crippen LogP contribution in [0.15, 0.2) is 23.0 Å². The second-order valence-corrected chi connectivity index (χ2v) is 12.7. The van der Waals surface area contributed by atoms with Gasteiger partial charge in [-0.3, -0.25) is 24.1 Å². The van der Waals surface area contributed by atoms with Gasteiger partial charge in [0.15, 0.2) is 11.4 Å². The Morgan fingerprint density at radius 3 is 2.26 bits per heavy atom. The van der Waals surface area contributed by atoms with Gasteiger partial charge in [-0.15, -0.1) is 0 Å². The highest BCUT2D eigenvalue weighted by Gasteiger charge is 2.64. The van der Waals surface area contributed by atoms with Crippen molar-refractivity contribution in [2.75, 3.05) is 45.0 Å². The highest BCUT2D eigenvalue weighted by atomic mass is 16.3. The first-order valence-electron chi connectivity index (χ1n) is 13.6. The SMILES string of the molecule is CN(C)c1cc(NC(=O)CNC(C)(C)C)c(O)c2c1CC1CC3C(N(C)C)C(=O)C(C(N)=O)=C(O)[C@@]3(O)C(=O)C1=C2O. The van der Waals surface area contributed by atoms with Crippen LogP contribution in [0.5, 0.6) is 5.75 Å². The van der Waals surface area contributed by atoms with E-state index < -0.39 is 69.7 Å². The average Bonchev–Trinajstić information content (AvgIpc) is 2.85. The lowest BCUT2D eigenvalue weighted by Crippen LogP contribution is -2.65. The Morgan fingerprint density at radius 1 is 1.12 bits per heavy atom. The summed E-state index contributed by atoms with van der Waals surface area (Å²) in [7, 11) is 6.58. The molecule has 0 radical (unpaired) electrons. The van der Waals surface area contributed by atoms with Crippen LogP contribution in [0.4, 0.5) is 11.4 Å². The van der Waals surface area contributed by atoms with Crippen molar-refractivity contribution in [1.29, 1.82) is 0 Å². The number of nitrogens with two attached hydrogens (primary N) is 1. The van der Waals surface area contributed by atoms with Crippen molar-refractivity contribution in [3.05, 3.63) is 34.1 Å². The van der Waals surface area contributed by atoms with Crippen LogP contribution in [0.3, 0.4) is 0 Å². The number of aromatic hydroxyl groups is 1. The van der Waals surface area contributed by atoms with Gasteiger partial charge in [0.25, 0.3) is 5.91 Å². The van der Waals surface area contributed by atoms with E-state index in [0.29, 0.717) is 11.3 Å². The number of ketones is 2. The largest absolute Gasteiger partial charge is 0.508 e. The van der Waals surface area contributed by atoms with Gasteiger partial charge in [0, 0.05) is 36.8 Å². The smallest absolute Gasteiger partial charge is 0.255 e. The van der Waals surface area contributed by atoms with Crippen molar-refractivity contribution >= 4 is 40.5 Å². The number of carbonyl (C=O) groups excluding carboxylic acids is 4. The molecule has 8 N–H and O–H groups in total. The zero-order chi connectivity index (χ0) is 31.6. The van der Waals surface area contributed by atoms with E-state index in [0.717, 1.165) is 0 Å². The molecule has 1 aromatic carbocycles. The molecule has 0 spiro atoms. The number of hydrogen-bond acceptors (Lipinski definition) is 11. The first-order valence-corrected chi connectivity index (χ1v) is 13.6. The van der Waals surface area contributed by atoms with E-state index in [1.165, 1.54) is 4.90 Å². The first kappa shape index (κ1) is 31.0. The van der Waals surface area contributed by atoms with Crippen LogP contribution in [-0.2, 0) is 25.6 Å². The summed E-state index contributed by atoms with van der Waals surface area (Å²) in [6.45, 7) is 5.62. The number of amides is 2. The molecular formula is C29H39N5O8. The lowest BCUT2D eigenvalue weighted by Gasteiger charge is -2.50. The number of aliphatic hydroxyl groups is 3. The Balaban J connectivity index is 1.89. The second-order valence-electron chi connectivity index (χ2n) is 12.7. The number of benzene rings is 1. The number of rotatable bonds is 6. The van der Waals surface area contributed by atoms with E-state index in [1.807, 2.05) is 20.8 Å². The first-order chi connectivity index (χ1) is 19.3. The highest BCUT2D eigenvalue weighted by molar-refractivity contribution is 6.24. The van der Waals surface area contributed by atoms with Crippen LogP contribution in [0, 0.1) is 11.8 Å². The van der Waals surface area contributed by atoms with Gasteiger partial charge in [-0.1, -0.05) is 0 Å². The molecule has 3 unspecified atom stereocenters. The maximum atomic E-state index is 14.0. The minimum absolute atomic E-state index is 0.00158. The maximum Gasteiger partial charge on any atom is 0.255 e. The molecule has 228 valence electrons. The fourth-order valence-corrected chi connectivity index (χ4v) is 6.33. The number of phenols is 1. The number of aliphatic hydroxyl groups excluding tert-OH is 2. The predicted molar refractivity (Wildman–Crippen MR) is 155 cm³/mol. The summed E-state index contributed by atoms with van der Waals surface area (Å²) in [5.74, 6) is -7.79. The Bertz CT molecular complexity index is 1450. The van der Waals surface area contributed by atoms with Crippen molar-refractivity contribution < 1.29 is 39.6 Å². The van der Waals surface area contributed by atoms with Gasteiger partial charge in [0.1, 0.15) is 22.8 Å². The molecule has 42 heavy (non-hydrogen) atoms. The molecule has 1 saturated carbocycles. The standard InChI is InChI=1S/C29H39N5O8/c1-28(2,3)31-11-17(35)32-15-10-16(33(4)5)13-8-12-9-14-21(34(6)7)24(38)20(27(30)41)26(40)29(14,42)25(39)18(12)23(37)19(13)22(15)36/h10,12,14,21,31,36-37,40,42H,8-9,11H2,1-7H3,(H2,30,41)(H,32,35)/t12?,14?,21?,29-/m0/s1. The van der Waals surface area contributed by atoms with Crippen LogP contribution in [0.25, 0.3) is 5.76 Å². The molecule has 13 heteroatoms. The average molecular weight is 586 g/mol. The number of phenolic OH excluding ortho intramolecular Hbond substituents is 1. The van der Waals surface area contributed by atoms with E-state index in [9.17, 15) is 39.6 Å². The number of fused-ring (bicyclic) bond motifs is 3. The molecule has 0 saturated heterocycles. The minimum atomic E-state index is -2.73. The molecule has 3 aliphatic carbocycles. The number of hydrogen-bond donors (Lipinski definition) is 7. The van der Waals surface area contributed by atoms with Crippen molar-refractivity contribution in [3.63, 3.8) is 0 Å². The van der Waals surface area contributed by atoms with Crippen molar-refractivity contribution in [2.24, 2.45) is 17.6 Å². The Morgan fingerprint density at radius 2 is 1.74 bits per heavy atom. The van der Waals surface area contributed by atoms with Crippen LogP contribution < -0.4 is 21.3 Å². The fourth-order valence-electron chi connectivity index (χ4n) is 6.33. The van der Waals surface area contributed by atoms with Crippen molar-refractivity contribution in [1.82, 2.24) is 10.2 Å². The molecule has 0 heterocycles. The summed E-state index contributed by atoms with van der Waals surface area (Å²) < 4.78 is 0. The van der Waals surface area contributed by atoms with Crippen LogP contribution >= 0.6 is 0 Å². The number of nitrogens with one attached hydrogen (secondary N) is 2. The van der Waals surface area contributed by atoms with Gasteiger partial charge < -0.3 is 41.7 Å². The normalized spacial score (nSPS) is 25.7. The molecule has 4 atom stereocenters. The second kappa shape index (κ2) is 10.4. The number of primary amides is 1. The van der Waals surface area contributed by atoms with Crippen LogP contribution in [-0.4, -0.2) is 101 Å². The van der Waals surface area contributed by atoms with Crippen molar-refractivity contribution in [3.8, 4) is 5.75 Å². The lowest BCUT2D eigenvalue weighted by atomic mass is 9.57. The van der Waals surface area contributed by atoms with E-state index in [4.69, 9.17) is 5.73 Å². The van der Waals surface area contributed by atoms with Crippen molar-refractivity contribution in [2.45, 2.75) is 50.8 Å². The van der Waals surface area contributed by atoms with E-state index >= 15 is 0 Å². The highest BCUT2D eigenvalue weighted by Crippen LogP contribution is 2.54. The Labute approximate surface area is 243 Å². The molecule has 4 rings (SSSR count). The lowest BCUT2D eigenvalue weighted by molar-refractivity contribution is -0.153. The molecule has 0 aromatic heterocycles. The zero-order valence-electron chi connectivity index (χ0n) is 24.8. The van der Waals surface area contributed by atoms with E-state index in [1.54, 1.807) is 39.2 Å². The summed E-state index contributed by atoms with van der Waals surface area (Å²) in [4.78, 5) is 55.3. The van der Waals surface area contributed by atoms with Gasteiger partial charge in [-0.2, -0.15) is 0 Å². The van der Waals surface area contributed by atoms with Gasteiger partial charge in [-0.25, -0.2) is 0 Å². The van der Waals surface area contributed by atoms with E-state index in [2.05, 4.69) is 10.6 Å². The van der Waals surface area contributed by atoms with Gasteiger partial charge in [0.05, 0.1) is 23.8 Å². The van der Waals surface area contributed by atoms with Gasteiger partial charge in [0.2, 0.25) is 11.7 Å². The van der Waals surface area contributed by atoms with Crippen LogP contribution in [0.2, 0.25) is 0 Å². The monoisotopic (exact) mass is 585 g/mol. The predicted octanol–water partition coefficient (Wildman–Crippen LogP) is 0.357. The number of likely N-dealkylation sites (N-methyl/N-ethyl adjacent to an activating group) is 1. The van der Waals surface area contributed by atoms with Gasteiger partial charge >= 0.3 is 0 Å². The third-order valence-electron chi connectivity index (χ3n) is 8.23. The summed E-state index contributed by atoms with van der Waals surface area (Å²) >= 11 is 0. The zero-order valence-corrected chi connectivity index (χ0v) is 24.8. The molecule has 0 aliphatic heterocycles. The fraction of sp³-hybridized carbons (Fsp3) is 0.517. The molecular weight excluding hydrogens is 546 g/mol. The summed E-state index contributed by atoms with van der Waals surface area (Å²) in [5.41, 5.74) is 2.11. The number of Topliss-reactive ketones (excluding diaryl/α,β-unsaturated/α-hetero) is 2. The summed E-state index contributed by atoms with van der Waals surface area (Å²) in [6.07, 6.45) is 0.117. The number of nitrogens with zero attached hydrogens (tertiary/aromatic N) is 2. The third-order valence-corrected chi connectivity index (χ3v) is 8.23.